The summed E-state index contributed by atoms with van der Waals surface area (Å²) in [5, 5.41) is 10.5. The highest BCUT2D eigenvalue weighted by molar-refractivity contribution is 6.31. The van der Waals surface area contributed by atoms with E-state index in [1.54, 1.807) is 11.0 Å². The van der Waals surface area contributed by atoms with E-state index in [0.29, 0.717) is 37.4 Å². The fraction of sp³-hybridized carbons (Fsp3) is 0.500. The largest absolute Gasteiger partial charge is 0.390 e. The van der Waals surface area contributed by atoms with E-state index in [9.17, 15) is 9.90 Å². The topological polar surface area (TPSA) is 40.5 Å². The third-order valence-electron chi connectivity index (χ3n) is 3.49. The van der Waals surface area contributed by atoms with Gasteiger partial charge in [-0.15, -0.1) is 0 Å². The van der Waals surface area contributed by atoms with Crippen LogP contribution in [0.3, 0.4) is 0 Å². The molecule has 98 valence electrons. The highest BCUT2D eigenvalue weighted by Gasteiger charge is 2.29. The lowest BCUT2D eigenvalue weighted by molar-refractivity contribution is -0.134. The first-order valence-corrected chi connectivity index (χ1v) is 6.59. The van der Waals surface area contributed by atoms with Crippen molar-refractivity contribution in [3.63, 3.8) is 0 Å². The second kappa shape index (κ2) is 5.29. The highest BCUT2D eigenvalue weighted by atomic mass is 35.5. The number of aliphatic hydroxyl groups is 1. The second-order valence-electron chi connectivity index (χ2n) is 5.15. The van der Waals surface area contributed by atoms with Crippen molar-refractivity contribution in [2.75, 3.05) is 13.1 Å². The lowest BCUT2D eigenvalue weighted by Crippen LogP contribution is -2.45. The van der Waals surface area contributed by atoms with E-state index >= 15 is 0 Å². The minimum atomic E-state index is -0.624. The van der Waals surface area contributed by atoms with Gasteiger partial charge in [-0.25, -0.2) is 0 Å². The molecule has 1 aromatic rings. The van der Waals surface area contributed by atoms with Crippen molar-refractivity contribution < 1.29 is 9.90 Å². The van der Waals surface area contributed by atoms with Crippen LogP contribution in [-0.2, 0) is 11.2 Å². The van der Waals surface area contributed by atoms with Gasteiger partial charge in [-0.3, -0.25) is 4.79 Å². The van der Waals surface area contributed by atoms with Crippen LogP contribution < -0.4 is 0 Å². The predicted octanol–water partition coefficient (Wildman–Crippen LogP) is 2.26. The molecule has 1 aliphatic rings. The number of hydrogen-bond acceptors (Lipinski definition) is 2. The van der Waals surface area contributed by atoms with Crippen molar-refractivity contribution in [3.8, 4) is 0 Å². The molecule has 18 heavy (non-hydrogen) atoms. The summed E-state index contributed by atoms with van der Waals surface area (Å²) >= 11 is 6.04. The molecule has 0 spiro atoms. The van der Waals surface area contributed by atoms with Gasteiger partial charge < -0.3 is 10.0 Å². The van der Waals surface area contributed by atoms with E-state index < -0.39 is 5.60 Å². The van der Waals surface area contributed by atoms with Gasteiger partial charge in [0.2, 0.25) is 5.91 Å². The van der Waals surface area contributed by atoms with Crippen LogP contribution in [0.5, 0.6) is 0 Å². The van der Waals surface area contributed by atoms with E-state index in [4.69, 9.17) is 11.6 Å². The summed E-state index contributed by atoms with van der Waals surface area (Å²) < 4.78 is 0. The number of likely N-dealkylation sites (tertiary alicyclic amines) is 1. The summed E-state index contributed by atoms with van der Waals surface area (Å²) in [7, 11) is 0. The van der Waals surface area contributed by atoms with Crippen LogP contribution in [0, 0.1) is 0 Å². The van der Waals surface area contributed by atoms with Crippen molar-refractivity contribution in [1.29, 1.82) is 0 Å². The first kappa shape index (κ1) is 13.4. The number of benzene rings is 1. The molecular weight excluding hydrogens is 250 g/mol. The standard InChI is InChI=1S/C14H18ClNO2/c1-14(18)6-8-16(9-7-14)13(17)10-11-4-2-3-5-12(11)15/h2-5,18H,6-10H2,1H3. The van der Waals surface area contributed by atoms with Crippen LogP contribution in [0.4, 0.5) is 0 Å². The average molecular weight is 268 g/mol. The molecule has 3 nitrogen and oxygen atoms in total. The van der Waals surface area contributed by atoms with Gasteiger partial charge in [0.15, 0.2) is 0 Å². The molecule has 1 amide bonds. The van der Waals surface area contributed by atoms with E-state index in [2.05, 4.69) is 0 Å². The molecule has 1 saturated heterocycles. The Kier molecular flexibility index (Phi) is 3.93. The number of halogens is 1. The first-order chi connectivity index (χ1) is 8.48. The van der Waals surface area contributed by atoms with E-state index in [1.165, 1.54) is 0 Å². The Labute approximate surface area is 112 Å². The fourth-order valence-corrected chi connectivity index (χ4v) is 2.36. The minimum absolute atomic E-state index is 0.0820. The van der Waals surface area contributed by atoms with Gasteiger partial charge in [-0.2, -0.15) is 0 Å². The lowest BCUT2D eigenvalue weighted by Gasteiger charge is -2.35. The summed E-state index contributed by atoms with van der Waals surface area (Å²) in [4.78, 5) is 13.9. The van der Waals surface area contributed by atoms with E-state index in [-0.39, 0.29) is 5.91 Å². The van der Waals surface area contributed by atoms with Crippen LogP contribution in [0.25, 0.3) is 0 Å². The summed E-state index contributed by atoms with van der Waals surface area (Å²) in [6.07, 6.45) is 1.62. The molecule has 1 fully saturated rings. The Morgan fingerprint density at radius 1 is 1.39 bits per heavy atom. The van der Waals surface area contributed by atoms with Gasteiger partial charge >= 0.3 is 0 Å². The molecule has 1 heterocycles. The normalized spacial score (nSPS) is 18.7. The molecule has 0 aliphatic carbocycles. The zero-order valence-electron chi connectivity index (χ0n) is 10.5. The van der Waals surface area contributed by atoms with E-state index in [0.717, 1.165) is 5.56 Å². The molecule has 4 heteroatoms. The van der Waals surface area contributed by atoms with Gasteiger partial charge in [-0.05, 0) is 31.4 Å². The average Bonchev–Trinajstić information content (AvgIpc) is 2.32. The second-order valence-corrected chi connectivity index (χ2v) is 5.55. The SMILES string of the molecule is CC1(O)CCN(C(=O)Cc2ccccc2Cl)CC1. The number of hydrogen-bond donors (Lipinski definition) is 1. The molecule has 1 aromatic carbocycles. The third-order valence-corrected chi connectivity index (χ3v) is 3.86. The van der Waals surface area contributed by atoms with Crippen molar-refractivity contribution >= 4 is 17.5 Å². The van der Waals surface area contributed by atoms with Crippen molar-refractivity contribution in [1.82, 2.24) is 4.90 Å². The van der Waals surface area contributed by atoms with Gasteiger partial charge in [0.25, 0.3) is 0 Å². The number of amides is 1. The predicted molar refractivity (Wildman–Crippen MR) is 71.6 cm³/mol. The summed E-state index contributed by atoms with van der Waals surface area (Å²) in [5.74, 6) is 0.0820. The van der Waals surface area contributed by atoms with Gasteiger partial charge in [-0.1, -0.05) is 29.8 Å². The minimum Gasteiger partial charge on any atom is -0.390 e. The van der Waals surface area contributed by atoms with Crippen LogP contribution in [0.15, 0.2) is 24.3 Å². The number of piperidine rings is 1. The van der Waals surface area contributed by atoms with Gasteiger partial charge in [0.05, 0.1) is 12.0 Å². The Morgan fingerprint density at radius 3 is 2.61 bits per heavy atom. The Balaban J connectivity index is 1.95. The van der Waals surface area contributed by atoms with Crippen molar-refractivity contribution in [2.45, 2.75) is 31.8 Å². The quantitative estimate of drug-likeness (QED) is 0.893. The van der Waals surface area contributed by atoms with Crippen molar-refractivity contribution in [3.05, 3.63) is 34.9 Å². The van der Waals surface area contributed by atoms with Crippen LogP contribution >= 0.6 is 11.6 Å². The molecule has 0 saturated carbocycles. The summed E-state index contributed by atoms with van der Waals surface area (Å²) in [5.41, 5.74) is 0.239. The molecular formula is C14H18ClNO2. The highest BCUT2D eigenvalue weighted by Crippen LogP contribution is 2.22. The smallest absolute Gasteiger partial charge is 0.227 e. The number of rotatable bonds is 2. The third kappa shape index (κ3) is 3.24. The molecule has 0 atom stereocenters. The molecule has 0 radical (unpaired) electrons. The lowest BCUT2D eigenvalue weighted by atomic mass is 9.93. The van der Waals surface area contributed by atoms with Crippen LogP contribution in [0.2, 0.25) is 5.02 Å². The Hall–Kier alpha value is -1.06. The number of nitrogens with zero attached hydrogens (tertiary/aromatic N) is 1. The zero-order valence-corrected chi connectivity index (χ0v) is 11.3. The summed E-state index contributed by atoms with van der Waals surface area (Å²) in [6, 6.07) is 7.41. The maximum Gasteiger partial charge on any atom is 0.227 e. The maximum absolute atomic E-state index is 12.1. The molecule has 1 N–H and O–H groups in total. The molecule has 0 bridgehead atoms. The molecule has 1 aliphatic heterocycles. The maximum atomic E-state index is 12.1. The number of carbonyl (C=O) groups excluding carboxylic acids is 1. The summed E-state index contributed by atoms with van der Waals surface area (Å²) in [6.45, 7) is 3.06. The molecule has 2 rings (SSSR count). The number of carbonyl (C=O) groups is 1. The Morgan fingerprint density at radius 2 is 2.00 bits per heavy atom. The van der Waals surface area contributed by atoms with Gasteiger partial charge in [0.1, 0.15) is 0 Å². The Bertz CT molecular complexity index is 435. The fourth-order valence-electron chi connectivity index (χ4n) is 2.15. The van der Waals surface area contributed by atoms with Crippen molar-refractivity contribution in [2.24, 2.45) is 0 Å². The van der Waals surface area contributed by atoms with Gasteiger partial charge in [0, 0.05) is 18.1 Å². The molecule has 0 unspecified atom stereocenters. The monoisotopic (exact) mass is 267 g/mol. The molecule has 0 aromatic heterocycles. The zero-order chi connectivity index (χ0) is 13.2. The van der Waals surface area contributed by atoms with Crippen LogP contribution in [0.1, 0.15) is 25.3 Å². The first-order valence-electron chi connectivity index (χ1n) is 6.21. The van der Waals surface area contributed by atoms with E-state index in [1.807, 2.05) is 25.1 Å². The van der Waals surface area contributed by atoms with Crippen LogP contribution in [-0.4, -0.2) is 34.6 Å².